The Hall–Kier alpha value is -3.35. The molecule has 1 aliphatic heterocycles. The van der Waals surface area contributed by atoms with Crippen molar-refractivity contribution in [3.8, 4) is 5.75 Å². The highest BCUT2D eigenvalue weighted by Crippen LogP contribution is 2.38. The largest absolute Gasteiger partial charge is 0.492 e. The summed E-state index contributed by atoms with van der Waals surface area (Å²) in [5, 5.41) is 0. The van der Waals surface area contributed by atoms with Gasteiger partial charge >= 0.3 is 0 Å². The van der Waals surface area contributed by atoms with Crippen LogP contribution in [0.3, 0.4) is 0 Å². The van der Waals surface area contributed by atoms with Crippen LogP contribution in [-0.4, -0.2) is 51.5 Å². The smallest absolute Gasteiger partial charge is 0.243 e. The molecule has 2 aliphatic carbocycles. The molecule has 1 unspecified atom stereocenters. The highest BCUT2D eigenvalue weighted by atomic mass is 16.5. The average molecular weight is 543 g/mol. The molecule has 0 spiro atoms. The lowest BCUT2D eigenvalue weighted by Gasteiger charge is -2.42. The molecule has 2 saturated carbocycles. The molecule has 2 aromatic carbocycles. The predicted octanol–water partition coefficient (Wildman–Crippen LogP) is 6.45. The van der Waals surface area contributed by atoms with Crippen molar-refractivity contribution in [3.05, 3.63) is 54.4 Å². The van der Waals surface area contributed by atoms with E-state index < -0.39 is 0 Å². The van der Waals surface area contributed by atoms with E-state index in [0.29, 0.717) is 31.7 Å². The van der Waals surface area contributed by atoms with Crippen LogP contribution in [0.2, 0.25) is 0 Å². The standard InChI is InChI=1S/C33H42N4O3/c1-2-40-30-20-12-11-19-29(30)35-22-24(21-31(35)38)33-34-27-17-9-10-18-28(27)36(33)23-32(39)37(25-13-5-3-6-14-25)26-15-7-4-8-16-26/h9-12,17-20,24-26H,2-8,13-16,21-23H2,1H3. The highest BCUT2D eigenvalue weighted by Gasteiger charge is 2.38. The van der Waals surface area contributed by atoms with Crippen molar-refractivity contribution in [2.75, 3.05) is 18.1 Å². The summed E-state index contributed by atoms with van der Waals surface area (Å²) in [4.78, 5) is 36.8. The van der Waals surface area contributed by atoms with Crippen molar-refractivity contribution < 1.29 is 14.3 Å². The second-order valence-corrected chi connectivity index (χ2v) is 11.7. The second kappa shape index (κ2) is 12.0. The Balaban J connectivity index is 1.31. The van der Waals surface area contributed by atoms with E-state index in [1.165, 1.54) is 38.5 Å². The van der Waals surface area contributed by atoms with Crippen LogP contribution in [0.5, 0.6) is 5.75 Å². The van der Waals surface area contributed by atoms with Crippen LogP contribution < -0.4 is 9.64 Å². The van der Waals surface area contributed by atoms with Crippen LogP contribution in [0, 0.1) is 0 Å². The van der Waals surface area contributed by atoms with E-state index in [1.807, 2.05) is 54.3 Å². The van der Waals surface area contributed by atoms with Gasteiger partial charge < -0.3 is 19.1 Å². The molecule has 7 heteroatoms. The second-order valence-electron chi connectivity index (χ2n) is 11.7. The maximum absolute atomic E-state index is 14.3. The zero-order valence-corrected chi connectivity index (χ0v) is 23.8. The summed E-state index contributed by atoms with van der Waals surface area (Å²) < 4.78 is 7.96. The molecule has 6 rings (SSSR count). The quantitative estimate of drug-likeness (QED) is 0.328. The molecule has 1 saturated heterocycles. The third-order valence-corrected chi connectivity index (χ3v) is 9.15. The van der Waals surface area contributed by atoms with Gasteiger partial charge in [0, 0.05) is 31.0 Å². The van der Waals surface area contributed by atoms with E-state index in [4.69, 9.17) is 9.72 Å². The zero-order chi connectivity index (χ0) is 27.5. The number of carbonyl (C=O) groups is 2. The first-order chi connectivity index (χ1) is 19.6. The van der Waals surface area contributed by atoms with E-state index in [9.17, 15) is 9.59 Å². The first kappa shape index (κ1) is 26.9. The summed E-state index contributed by atoms with van der Waals surface area (Å²) >= 11 is 0. The van der Waals surface area contributed by atoms with E-state index in [2.05, 4.69) is 15.5 Å². The first-order valence-electron chi connectivity index (χ1n) is 15.4. The fourth-order valence-electron chi connectivity index (χ4n) is 7.28. The maximum atomic E-state index is 14.3. The molecule has 2 heterocycles. The number of fused-ring (bicyclic) bond motifs is 1. The molecular formula is C33H42N4O3. The van der Waals surface area contributed by atoms with Crippen molar-refractivity contribution in [1.29, 1.82) is 0 Å². The SMILES string of the molecule is CCOc1ccccc1N1CC(c2nc3ccccc3n2CC(=O)N(C2CCCCC2)C2CCCCC2)CC1=O. The number of para-hydroxylation sites is 4. The summed E-state index contributed by atoms with van der Waals surface area (Å²) in [5.41, 5.74) is 2.66. The number of amides is 2. The lowest BCUT2D eigenvalue weighted by molar-refractivity contribution is -0.138. The van der Waals surface area contributed by atoms with Crippen LogP contribution in [0.25, 0.3) is 11.0 Å². The Labute approximate surface area is 237 Å². The summed E-state index contributed by atoms with van der Waals surface area (Å²) in [7, 11) is 0. The van der Waals surface area contributed by atoms with Crippen molar-refractivity contribution in [2.45, 2.75) is 102 Å². The van der Waals surface area contributed by atoms with Gasteiger partial charge in [0.1, 0.15) is 18.1 Å². The van der Waals surface area contributed by atoms with Crippen LogP contribution >= 0.6 is 0 Å². The number of benzene rings is 2. The van der Waals surface area contributed by atoms with Gasteiger partial charge in [0.25, 0.3) is 0 Å². The fourth-order valence-corrected chi connectivity index (χ4v) is 7.28. The number of aromatic nitrogens is 2. The van der Waals surface area contributed by atoms with Crippen molar-refractivity contribution >= 4 is 28.5 Å². The van der Waals surface area contributed by atoms with Crippen LogP contribution in [-0.2, 0) is 16.1 Å². The fraction of sp³-hybridized carbons (Fsp3) is 0.545. The number of rotatable bonds is 8. The molecule has 3 aromatic rings. The number of imidazole rings is 1. The Morgan fingerprint density at radius 3 is 2.27 bits per heavy atom. The van der Waals surface area contributed by atoms with Crippen molar-refractivity contribution in [2.24, 2.45) is 0 Å². The minimum Gasteiger partial charge on any atom is -0.492 e. The van der Waals surface area contributed by atoms with Gasteiger partial charge in [-0.15, -0.1) is 0 Å². The van der Waals surface area contributed by atoms with Crippen molar-refractivity contribution in [3.63, 3.8) is 0 Å². The van der Waals surface area contributed by atoms with E-state index in [-0.39, 0.29) is 24.3 Å². The summed E-state index contributed by atoms with van der Waals surface area (Å²) in [5.74, 6) is 1.74. The number of carbonyl (C=O) groups excluding carboxylic acids is 2. The third kappa shape index (κ3) is 5.35. The molecule has 0 radical (unpaired) electrons. The van der Waals surface area contributed by atoms with Gasteiger partial charge in [-0.2, -0.15) is 0 Å². The topological polar surface area (TPSA) is 67.7 Å². The maximum Gasteiger partial charge on any atom is 0.243 e. The molecule has 1 aromatic heterocycles. The zero-order valence-electron chi connectivity index (χ0n) is 23.8. The molecular weight excluding hydrogens is 500 g/mol. The number of anilines is 1. The Kier molecular flexibility index (Phi) is 8.08. The van der Waals surface area contributed by atoms with Gasteiger partial charge in [0.2, 0.25) is 11.8 Å². The summed E-state index contributed by atoms with van der Waals surface area (Å²) in [6.45, 7) is 3.30. The first-order valence-corrected chi connectivity index (χ1v) is 15.4. The number of hydrogen-bond acceptors (Lipinski definition) is 4. The van der Waals surface area contributed by atoms with Gasteiger partial charge in [-0.05, 0) is 56.9 Å². The number of ether oxygens (including phenoxy) is 1. The van der Waals surface area contributed by atoms with E-state index >= 15 is 0 Å². The lowest BCUT2D eigenvalue weighted by atomic mass is 9.88. The minimum absolute atomic E-state index is 0.0631. The Morgan fingerprint density at radius 1 is 0.925 bits per heavy atom. The predicted molar refractivity (Wildman–Crippen MR) is 158 cm³/mol. The highest BCUT2D eigenvalue weighted by molar-refractivity contribution is 5.98. The molecule has 7 nitrogen and oxygen atoms in total. The molecule has 3 aliphatic rings. The van der Waals surface area contributed by atoms with Gasteiger partial charge in [-0.3, -0.25) is 9.59 Å². The van der Waals surface area contributed by atoms with Crippen LogP contribution in [0.4, 0.5) is 5.69 Å². The molecule has 0 N–H and O–H groups in total. The molecule has 2 amide bonds. The molecule has 212 valence electrons. The molecule has 1 atom stereocenters. The van der Waals surface area contributed by atoms with Crippen LogP contribution in [0.15, 0.2) is 48.5 Å². The number of nitrogens with zero attached hydrogens (tertiary/aromatic N) is 4. The van der Waals surface area contributed by atoms with Crippen molar-refractivity contribution in [1.82, 2.24) is 14.5 Å². The minimum atomic E-state index is -0.0970. The Bertz CT molecular complexity index is 1320. The number of hydrogen-bond donors (Lipinski definition) is 0. The molecule has 0 bridgehead atoms. The summed E-state index contributed by atoms with van der Waals surface area (Å²) in [6, 6.07) is 16.5. The molecule has 40 heavy (non-hydrogen) atoms. The van der Waals surface area contributed by atoms with E-state index in [0.717, 1.165) is 54.0 Å². The normalized spacial score (nSPS) is 20.8. The summed E-state index contributed by atoms with van der Waals surface area (Å²) in [6.07, 6.45) is 12.2. The van der Waals surface area contributed by atoms with Gasteiger partial charge in [0.15, 0.2) is 0 Å². The van der Waals surface area contributed by atoms with Gasteiger partial charge in [-0.25, -0.2) is 4.98 Å². The van der Waals surface area contributed by atoms with Gasteiger partial charge in [-0.1, -0.05) is 62.8 Å². The van der Waals surface area contributed by atoms with E-state index in [1.54, 1.807) is 0 Å². The monoisotopic (exact) mass is 542 g/mol. The van der Waals surface area contributed by atoms with Crippen LogP contribution in [0.1, 0.15) is 89.3 Å². The Morgan fingerprint density at radius 2 is 1.57 bits per heavy atom. The third-order valence-electron chi connectivity index (χ3n) is 9.15. The average Bonchev–Trinajstić information content (AvgIpc) is 3.55. The molecule has 3 fully saturated rings. The lowest BCUT2D eigenvalue weighted by Crippen LogP contribution is -2.50. The van der Waals surface area contributed by atoms with Gasteiger partial charge in [0.05, 0.1) is 23.3 Å².